The van der Waals surface area contributed by atoms with E-state index in [0.29, 0.717) is 19.0 Å². The zero-order valence-electron chi connectivity index (χ0n) is 14.3. The van der Waals surface area contributed by atoms with Gasteiger partial charge in [0.2, 0.25) is 0 Å². The number of benzene rings is 1. The van der Waals surface area contributed by atoms with Gasteiger partial charge in [0.15, 0.2) is 0 Å². The Kier molecular flexibility index (Phi) is 5.98. The van der Waals surface area contributed by atoms with Gasteiger partial charge in [0.05, 0.1) is 6.67 Å². The highest BCUT2D eigenvalue weighted by molar-refractivity contribution is 5.61. The van der Waals surface area contributed by atoms with E-state index in [1.54, 1.807) is 12.3 Å². The molecule has 0 aliphatic carbocycles. The molecule has 0 spiro atoms. The van der Waals surface area contributed by atoms with Crippen LogP contribution in [0, 0.1) is 6.92 Å². The summed E-state index contributed by atoms with van der Waals surface area (Å²) in [6.45, 7) is 11.5. The van der Waals surface area contributed by atoms with E-state index in [9.17, 15) is 0 Å². The molecule has 0 radical (unpaired) electrons. The Morgan fingerprint density at radius 2 is 1.88 bits per heavy atom. The van der Waals surface area contributed by atoms with Gasteiger partial charge in [0.1, 0.15) is 5.82 Å². The first-order valence-corrected chi connectivity index (χ1v) is 7.81. The number of nitrogens with two attached hydrogens (primary N) is 1. The first-order chi connectivity index (χ1) is 11.5. The molecule has 0 bridgehead atoms. The number of hydrogen-bond acceptors (Lipinski definition) is 5. The quantitative estimate of drug-likeness (QED) is 0.515. The van der Waals surface area contributed by atoms with Crippen molar-refractivity contribution in [2.24, 2.45) is 0 Å². The Balaban J connectivity index is 1.75. The van der Waals surface area contributed by atoms with Crippen molar-refractivity contribution < 1.29 is 0 Å². The highest BCUT2D eigenvalue weighted by Gasteiger charge is 2.04. The third-order valence-corrected chi connectivity index (χ3v) is 3.79. The normalized spacial score (nSPS) is 10.2. The van der Waals surface area contributed by atoms with Gasteiger partial charge in [-0.1, -0.05) is 30.9 Å². The van der Waals surface area contributed by atoms with Gasteiger partial charge in [-0.15, -0.1) is 0 Å². The van der Waals surface area contributed by atoms with Crippen molar-refractivity contribution in [2.45, 2.75) is 6.92 Å². The zero-order chi connectivity index (χ0) is 17.5. The first kappa shape index (κ1) is 17.6. The maximum Gasteiger partial charge on any atom is 0.123 e. The van der Waals surface area contributed by atoms with Crippen LogP contribution in [-0.4, -0.2) is 25.2 Å². The predicted octanol–water partition coefficient (Wildman–Crippen LogP) is 2.73. The summed E-state index contributed by atoms with van der Waals surface area (Å²) in [7, 11) is 2.01. The lowest BCUT2D eigenvalue weighted by atomic mass is 10.2. The maximum absolute atomic E-state index is 5.58. The Morgan fingerprint density at radius 3 is 2.50 bits per heavy atom. The van der Waals surface area contributed by atoms with Crippen LogP contribution in [0.3, 0.4) is 0 Å². The summed E-state index contributed by atoms with van der Waals surface area (Å²) in [5.41, 5.74) is 10.7. The van der Waals surface area contributed by atoms with E-state index < -0.39 is 0 Å². The summed E-state index contributed by atoms with van der Waals surface area (Å²) >= 11 is 0. The predicted molar refractivity (Wildman–Crippen MR) is 102 cm³/mol. The SMILES string of the molecule is C=C(NCNCC(=C)N(C)c1ccc(C)cc1)c1ccc(N)nc1. The van der Waals surface area contributed by atoms with E-state index in [4.69, 9.17) is 5.73 Å². The minimum atomic E-state index is 0.500. The van der Waals surface area contributed by atoms with Crippen LogP contribution < -0.4 is 21.3 Å². The average Bonchev–Trinajstić information content (AvgIpc) is 2.59. The molecule has 1 heterocycles. The zero-order valence-corrected chi connectivity index (χ0v) is 14.3. The Morgan fingerprint density at radius 1 is 1.17 bits per heavy atom. The highest BCUT2D eigenvalue weighted by Crippen LogP contribution is 2.16. The Hall–Kier alpha value is -2.79. The van der Waals surface area contributed by atoms with Gasteiger partial charge in [0.25, 0.3) is 0 Å². The second-order valence-electron chi connectivity index (χ2n) is 5.69. The molecular weight excluding hydrogens is 298 g/mol. The van der Waals surface area contributed by atoms with Crippen LogP contribution >= 0.6 is 0 Å². The number of nitrogens with zero attached hydrogens (tertiary/aromatic N) is 2. The summed E-state index contributed by atoms with van der Waals surface area (Å²) in [6, 6.07) is 12.0. The second-order valence-corrected chi connectivity index (χ2v) is 5.69. The molecule has 0 atom stereocenters. The molecule has 0 aliphatic heterocycles. The molecule has 0 fully saturated rings. The molecular formula is C19H25N5. The molecule has 2 aromatic rings. The summed E-state index contributed by atoms with van der Waals surface area (Å²) in [4.78, 5) is 6.13. The van der Waals surface area contributed by atoms with Crippen molar-refractivity contribution in [3.05, 3.63) is 72.6 Å². The fourth-order valence-corrected chi connectivity index (χ4v) is 2.13. The third-order valence-electron chi connectivity index (χ3n) is 3.79. The molecule has 0 unspecified atom stereocenters. The fourth-order valence-electron chi connectivity index (χ4n) is 2.13. The van der Waals surface area contributed by atoms with E-state index in [0.717, 1.165) is 22.6 Å². The van der Waals surface area contributed by atoms with Crippen molar-refractivity contribution in [3.63, 3.8) is 0 Å². The van der Waals surface area contributed by atoms with Gasteiger partial charge >= 0.3 is 0 Å². The molecule has 24 heavy (non-hydrogen) atoms. The molecule has 1 aromatic carbocycles. The fraction of sp³-hybridized carbons (Fsp3) is 0.211. The molecule has 2 rings (SSSR count). The standard InChI is InChI=1S/C19H25N5/c1-14-5-8-18(9-6-14)24(4)15(2)11-21-13-23-16(3)17-7-10-19(20)22-12-17/h5-10,12,21,23H,2-3,11,13H2,1,4H3,(H2,20,22). The lowest BCUT2D eigenvalue weighted by Gasteiger charge is -2.22. The van der Waals surface area contributed by atoms with Crippen molar-refractivity contribution in [3.8, 4) is 0 Å². The van der Waals surface area contributed by atoms with Crippen LogP contribution in [0.15, 0.2) is 61.4 Å². The molecule has 4 N–H and O–H groups in total. The molecule has 0 saturated carbocycles. The van der Waals surface area contributed by atoms with Gasteiger partial charge in [-0.05, 0) is 31.2 Å². The molecule has 0 amide bonds. The monoisotopic (exact) mass is 323 g/mol. The highest BCUT2D eigenvalue weighted by atomic mass is 15.1. The molecule has 126 valence electrons. The minimum Gasteiger partial charge on any atom is -0.384 e. The number of nitrogen functional groups attached to an aromatic ring is 1. The number of likely N-dealkylation sites (N-methyl/N-ethyl adjacent to an activating group) is 1. The van der Waals surface area contributed by atoms with Gasteiger partial charge < -0.3 is 16.0 Å². The maximum atomic E-state index is 5.58. The molecule has 5 nitrogen and oxygen atoms in total. The summed E-state index contributed by atoms with van der Waals surface area (Å²) in [5.74, 6) is 0.500. The van der Waals surface area contributed by atoms with Crippen molar-refractivity contribution in [1.82, 2.24) is 15.6 Å². The summed E-state index contributed by atoms with van der Waals surface area (Å²) in [6.07, 6.45) is 1.70. The summed E-state index contributed by atoms with van der Waals surface area (Å²) < 4.78 is 0. The van der Waals surface area contributed by atoms with Gasteiger partial charge in [0, 0.05) is 42.4 Å². The number of nitrogens with one attached hydrogen (secondary N) is 2. The smallest absolute Gasteiger partial charge is 0.123 e. The van der Waals surface area contributed by atoms with Crippen molar-refractivity contribution in [2.75, 3.05) is 30.9 Å². The lowest BCUT2D eigenvalue weighted by molar-refractivity contribution is 0.687. The average molecular weight is 323 g/mol. The van der Waals surface area contributed by atoms with Crippen LogP contribution in [0.5, 0.6) is 0 Å². The third kappa shape index (κ3) is 4.86. The Labute approximate surface area is 143 Å². The van der Waals surface area contributed by atoms with E-state index in [-0.39, 0.29) is 0 Å². The van der Waals surface area contributed by atoms with Gasteiger partial charge in [-0.3, -0.25) is 5.32 Å². The summed E-state index contributed by atoms with van der Waals surface area (Å²) in [5, 5.41) is 6.51. The topological polar surface area (TPSA) is 66.2 Å². The molecule has 5 heteroatoms. The minimum absolute atomic E-state index is 0.500. The first-order valence-electron chi connectivity index (χ1n) is 7.81. The number of hydrogen-bond donors (Lipinski definition) is 3. The van der Waals surface area contributed by atoms with E-state index in [1.807, 2.05) is 13.1 Å². The molecule has 1 aromatic heterocycles. The number of aromatic nitrogens is 1. The van der Waals surface area contributed by atoms with Crippen LogP contribution in [0.4, 0.5) is 11.5 Å². The molecule has 0 aliphatic rings. The second kappa shape index (κ2) is 8.17. The van der Waals surface area contributed by atoms with Gasteiger partial charge in [-0.25, -0.2) is 4.98 Å². The molecule has 0 saturated heterocycles. The van der Waals surface area contributed by atoms with E-state index in [2.05, 4.69) is 64.9 Å². The van der Waals surface area contributed by atoms with E-state index in [1.165, 1.54) is 5.56 Å². The number of aryl methyl sites for hydroxylation is 1. The van der Waals surface area contributed by atoms with Crippen molar-refractivity contribution in [1.29, 1.82) is 0 Å². The van der Waals surface area contributed by atoms with Crippen LogP contribution in [0.2, 0.25) is 0 Å². The largest absolute Gasteiger partial charge is 0.384 e. The van der Waals surface area contributed by atoms with Gasteiger partial charge in [-0.2, -0.15) is 0 Å². The lowest BCUT2D eigenvalue weighted by Crippen LogP contribution is -2.32. The van der Waals surface area contributed by atoms with Crippen LogP contribution in [0.1, 0.15) is 11.1 Å². The Bertz CT molecular complexity index is 689. The number of anilines is 2. The van der Waals surface area contributed by atoms with Crippen LogP contribution in [-0.2, 0) is 0 Å². The number of rotatable bonds is 8. The van der Waals surface area contributed by atoms with Crippen LogP contribution in [0.25, 0.3) is 5.70 Å². The van der Waals surface area contributed by atoms with E-state index >= 15 is 0 Å². The number of pyridine rings is 1. The van der Waals surface area contributed by atoms with Crippen molar-refractivity contribution >= 4 is 17.2 Å².